The Morgan fingerprint density at radius 2 is 1.73 bits per heavy atom. The van der Waals surface area contributed by atoms with Gasteiger partial charge in [-0.05, 0) is 81.0 Å². The number of carbonyl (C=O) groups excluding carboxylic acids is 2. The summed E-state index contributed by atoms with van der Waals surface area (Å²) in [5.74, 6) is -0.126. The topological polar surface area (TPSA) is 87.4 Å². The van der Waals surface area contributed by atoms with Gasteiger partial charge in [-0.2, -0.15) is 5.26 Å². The lowest BCUT2D eigenvalue weighted by Gasteiger charge is -2.35. The van der Waals surface area contributed by atoms with Crippen LogP contribution in [0.2, 0.25) is 0 Å². The third kappa shape index (κ3) is 5.81. The van der Waals surface area contributed by atoms with E-state index < -0.39 is 5.60 Å². The number of hydrogen-bond donors (Lipinski definition) is 1. The Morgan fingerprint density at radius 3 is 2.45 bits per heavy atom. The van der Waals surface area contributed by atoms with Gasteiger partial charge in [-0.3, -0.25) is 4.79 Å². The van der Waals surface area contributed by atoms with Crippen molar-refractivity contribution in [2.24, 2.45) is 0 Å². The van der Waals surface area contributed by atoms with Gasteiger partial charge in [0.2, 0.25) is 0 Å². The zero-order chi connectivity index (χ0) is 28.4. The van der Waals surface area contributed by atoms with Crippen LogP contribution in [-0.2, 0) is 11.3 Å². The molecule has 0 radical (unpaired) electrons. The number of nitrogens with one attached hydrogen (secondary N) is 1. The SMILES string of the molecule is CN(C(=O)OC(C)(C)C)[C@H]1CC[C@H](NC(=O)c2cc3ccc(C#N)cc3n2Cc2cccc3ccccc23)CC1. The summed E-state index contributed by atoms with van der Waals surface area (Å²) in [5.41, 5.74) is 2.57. The van der Waals surface area contributed by atoms with Crippen LogP contribution < -0.4 is 5.32 Å². The van der Waals surface area contributed by atoms with Crippen molar-refractivity contribution in [3.63, 3.8) is 0 Å². The van der Waals surface area contributed by atoms with Gasteiger partial charge in [0.1, 0.15) is 11.3 Å². The van der Waals surface area contributed by atoms with Crippen LogP contribution in [0.3, 0.4) is 0 Å². The maximum atomic E-state index is 13.7. The van der Waals surface area contributed by atoms with Gasteiger partial charge >= 0.3 is 6.09 Å². The highest BCUT2D eigenvalue weighted by molar-refractivity contribution is 5.99. The summed E-state index contributed by atoms with van der Waals surface area (Å²) in [6.07, 6.45) is 2.85. The number of rotatable bonds is 5. The fourth-order valence-corrected chi connectivity index (χ4v) is 5.63. The molecule has 0 spiro atoms. The Labute approximate surface area is 235 Å². The number of benzene rings is 3. The molecule has 5 rings (SSSR count). The summed E-state index contributed by atoms with van der Waals surface area (Å²) in [6, 6.07) is 24.3. The van der Waals surface area contributed by atoms with E-state index in [1.165, 1.54) is 0 Å². The lowest BCUT2D eigenvalue weighted by molar-refractivity contribution is 0.0178. The molecule has 0 aliphatic heterocycles. The van der Waals surface area contributed by atoms with Gasteiger partial charge < -0.3 is 19.5 Å². The Balaban J connectivity index is 1.36. The molecular weight excluding hydrogens is 500 g/mol. The van der Waals surface area contributed by atoms with Gasteiger partial charge in [-0.1, -0.05) is 48.5 Å². The van der Waals surface area contributed by atoms with E-state index >= 15 is 0 Å². The molecule has 1 N–H and O–H groups in total. The minimum Gasteiger partial charge on any atom is -0.444 e. The molecule has 0 unspecified atom stereocenters. The van der Waals surface area contributed by atoms with Crippen LogP contribution in [0.4, 0.5) is 4.79 Å². The zero-order valence-electron chi connectivity index (χ0n) is 23.6. The van der Waals surface area contributed by atoms with Crippen molar-refractivity contribution in [3.05, 3.63) is 83.6 Å². The molecule has 1 saturated carbocycles. The monoisotopic (exact) mass is 536 g/mol. The fraction of sp³-hybridized carbons (Fsp3) is 0.364. The summed E-state index contributed by atoms with van der Waals surface area (Å²) >= 11 is 0. The summed E-state index contributed by atoms with van der Waals surface area (Å²) < 4.78 is 7.55. The average molecular weight is 537 g/mol. The molecule has 0 saturated heterocycles. The second-order valence-corrected chi connectivity index (χ2v) is 11.7. The lowest BCUT2D eigenvalue weighted by atomic mass is 9.90. The summed E-state index contributed by atoms with van der Waals surface area (Å²) in [4.78, 5) is 27.9. The molecule has 206 valence electrons. The third-order valence-electron chi connectivity index (χ3n) is 7.74. The van der Waals surface area contributed by atoms with E-state index in [4.69, 9.17) is 4.74 Å². The van der Waals surface area contributed by atoms with Crippen LogP contribution in [0.1, 0.15) is 68.1 Å². The summed E-state index contributed by atoms with van der Waals surface area (Å²) in [5, 5.41) is 16.0. The highest BCUT2D eigenvalue weighted by Gasteiger charge is 2.30. The standard InChI is InChI=1S/C33H36N4O3/c1-33(2,3)40-32(39)36(4)27-16-14-26(15-17-27)35-31(38)30-19-24-13-12-22(20-34)18-29(24)37(30)21-25-10-7-9-23-8-5-6-11-28(23)25/h5-13,18-19,26-27H,14-17,21H2,1-4H3,(H,35,38)/t26-,27-. The van der Waals surface area contributed by atoms with Crippen LogP contribution in [0.15, 0.2) is 66.7 Å². The van der Waals surface area contributed by atoms with Gasteiger partial charge in [-0.15, -0.1) is 0 Å². The normalized spacial score (nSPS) is 17.4. The number of nitriles is 1. The van der Waals surface area contributed by atoms with E-state index in [1.807, 2.05) is 61.7 Å². The summed E-state index contributed by atoms with van der Waals surface area (Å²) in [6.45, 7) is 6.11. The number of amides is 2. The van der Waals surface area contributed by atoms with E-state index in [1.54, 1.807) is 18.0 Å². The molecule has 0 atom stereocenters. The van der Waals surface area contributed by atoms with E-state index in [-0.39, 0.29) is 24.1 Å². The largest absolute Gasteiger partial charge is 0.444 e. The van der Waals surface area contributed by atoms with Gasteiger partial charge in [0.05, 0.1) is 17.1 Å². The molecule has 2 amide bonds. The maximum absolute atomic E-state index is 13.7. The Morgan fingerprint density at radius 1 is 1.00 bits per heavy atom. The Kier molecular flexibility index (Phi) is 7.53. The Bertz CT molecular complexity index is 1590. The van der Waals surface area contributed by atoms with Crippen molar-refractivity contribution in [1.82, 2.24) is 14.8 Å². The summed E-state index contributed by atoms with van der Waals surface area (Å²) in [7, 11) is 1.79. The number of hydrogen-bond acceptors (Lipinski definition) is 4. The van der Waals surface area contributed by atoms with Gasteiger partial charge in [0, 0.05) is 31.1 Å². The molecule has 1 heterocycles. The highest BCUT2D eigenvalue weighted by atomic mass is 16.6. The van der Waals surface area contributed by atoms with Crippen LogP contribution in [-0.4, -0.2) is 46.2 Å². The fourth-order valence-electron chi connectivity index (χ4n) is 5.63. The highest BCUT2D eigenvalue weighted by Crippen LogP contribution is 2.28. The second-order valence-electron chi connectivity index (χ2n) is 11.7. The number of carbonyl (C=O) groups is 2. The molecule has 1 aliphatic rings. The first-order valence-corrected chi connectivity index (χ1v) is 13.9. The molecular formula is C33H36N4O3. The molecule has 7 nitrogen and oxygen atoms in total. The van der Waals surface area contributed by atoms with Crippen LogP contribution in [0.5, 0.6) is 0 Å². The molecule has 4 aromatic rings. The predicted octanol–water partition coefficient (Wildman–Crippen LogP) is 6.62. The van der Waals surface area contributed by atoms with Crippen molar-refractivity contribution in [1.29, 1.82) is 5.26 Å². The Hall–Kier alpha value is -4.31. The average Bonchev–Trinajstić information content (AvgIpc) is 3.30. The van der Waals surface area contributed by atoms with Crippen molar-refractivity contribution >= 4 is 33.7 Å². The van der Waals surface area contributed by atoms with E-state index in [9.17, 15) is 14.9 Å². The van der Waals surface area contributed by atoms with Gasteiger partial charge in [0.25, 0.3) is 5.91 Å². The smallest absolute Gasteiger partial charge is 0.410 e. The van der Waals surface area contributed by atoms with Crippen molar-refractivity contribution < 1.29 is 14.3 Å². The number of ether oxygens (including phenoxy) is 1. The molecule has 1 aliphatic carbocycles. The molecule has 3 aromatic carbocycles. The minimum atomic E-state index is -0.533. The van der Waals surface area contributed by atoms with Gasteiger partial charge in [-0.25, -0.2) is 4.79 Å². The minimum absolute atomic E-state index is 0.0227. The van der Waals surface area contributed by atoms with Crippen molar-refractivity contribution in [2.75, 3.05) is 7.05 Å². The molecule has 1 fully saturated rings. The number of aromatic nitrogens is 1. The maximum Gasteiger partial charge on any atom is 0.410 e. The van der Waals surface area contributed by atoms with Gasteiger partial charge in [0.15, 0.2) is 0 Å². The zero-order valence-corrected chi connectivity index (χ0v) is 23.6. The molecule has 0 bridgehead atoms. The molecule has 1 aromatic heterocycles. The quantitative estimate of drug-likeness (QED) is 0.310. The lowest BCUT2D eigenvalue weighted by Crippen LogP contribution is -2.46. The van der Waals surface area contributed by atoms with E-state index in [0.29, 0.717) is 17.8 Å². The van der Waals surface area contributed by atoms with E-state index in [2.05, 4.69) is 35.7 Å². The number of nitrogens with zero attached hydrogens (tertiary/aromatic N) is 3. The first-order valence-electron chi connectivity index (χ1n) is 13.9. The molecule has 7 heteroatoms. The van der Waals surface area contributed by atoms with Crippen molar-refractivity contribution in [3.8, 4) is 6.07 Å². The first-order chi connectivity index (χ1) is 19.1. The second kappa shape index (κ2) is 11.1. The number of fused-ring (bicyclic) bond motifs is 2. The predicted molar refractivity (Wildman–Crippen MR) is 157 cm³/mol. The first kappa shape index (κ1) is 27.3. The van der Waals surface area contributed by atoms with E-state index in [0.717, 1.165) is 52.9 Å². The van der Waals surface area contributed by atoms with Crippen molar-refractivity contribution in [2.45, 2.75) is 70.7 Å². The van der Waals surface area contributed by atoms with Crippen LogP contribution >= 0.6 is 0 Å². The third-order valence-corrected chi connectivity index (χ3v) is 7.74. The van der Waals surface area contributed by atoms with Crippen LogP contribution in [0, 0.1) is 11.3 Å². The molecule has 40 heavy (non-hydrogen) atoms. The van der Waals surface area contributed by atoms with Crippen LogP contribution in [0.25, 0.3) is 21.7 Å².